The van der Waals surface area contributed by atoms with Gasteiger partial charge in [0.1, 0.15) is 15.2 Å². The van der Waals surface area contributed by atoms with E-state index in [1.54, 1.807) is 0 Å². The molecule has 0 radical (unpaired) electrons. The molecular weight excluding hydrogens is 318 g/mol. The van der Waals surface area contributed by atoms with Crippen LogP contribution in [0, 0.1) is 11.3 Å². The lowest BCUT2D eigenvalue weighted by Crippen LogP contribution is -2.03. The predicted molar refractivity (Wildman–Crippen MR) is 74.0 cm³/mol. The van der Waals surface area contributed by atoms with Gasteiger partial charge in [0.25, 0.3) is 0 Å². The first-order valence-electron chi connectivity index (χ1n) is 5.30. The Kier molecular flexibility index (Phi) is 3.69. The SMILES string of the molecule is CS(=O)(=O)c1cccc(S(=O)(=O)c2ccc(C#N)s2)c1. The average molecular weight is 327 g/mol. The molecule has 0 amide bonds. The molecule has 0 aliphatic heterocycles. The number of hydrogen-bond acceptors (Lipinski definition) is 6. The highest BCUT2D eigenvalue weighted by atomic mass is 32.2. The highest BCUT2D eigenvalue weighted by molar-refractivity contribution is 7.93. The van der Waals surface area contributed by atoms with E-state index in [0.717, 1.165) is 23.7 Å². The molecule has 0 aliphatic carbocycles. The van der Waals surface area contributed by atoms with E-state index >= 15 is 0 Å². The number of rotatable bonds is 3. The first-order chi connectivity index (χ1) is 9.25. The summed E-state index contributed by atoms with van der Waals surface area (Å²) in [7, 11) is -7.29. The summed E-state index contributed by atoms with van der Waals surface area (Å²) < 4.78 is 47.6. The van der Waals surface area contributed by atoms with E-state index in [1.807, 2.05) is 6.07 Å². The number of hydrogen-bond donors (Lipinski definition) is 0. The first kappa shape index (κ1) is 14.7. The van der Waals surface area contributed by atoms with Crippen molar-refractivity contribution in [3.8, 4) is 6.07 Å². The molecule has 2 rings (SSSR count). The summed E-state index contributed by atoms with van der Waals surface area (Å²) in [6.45, 7) is 0. The van der Waals surface area contributed by atoms with E-state index in [-0.39, 0.29) is 18.9 Å². The molecule has 0 saturated carbocycles. The minimum Gasteiger partial charge on any atom is -0.224 e. The number of thiophene rings is 1. The van der Waals surface area contributed by atoms with E-state index < -0.39 is 19.7 Å². The topological polar surface area (TPSA) is 92.1 Å². The standard InChI is InChI=1S/C12H9NO4S3/c1-19(14,15)10-3-2-4-11(7-10)20(16,17)12-6-5-9(8-13)18-12/h2-7H,1H3. The smallest absolute Gasteiger partial charge is 0.216 e. The zero-order valence-corrected chi connectivity index (χ0v) is 12.7. The van der Waals surface area contributed by atoms with Crippen molar-refractivity contribution in [1.82, 2.24) is 0 Å². The maximum Gasteiger partial charge on any atom is 0.216 e. The van der Waals surface area contributed by atoms with Gasteiger partial charge >= 0.3 is 0 Å². The third-order valence-corrected chi connectivity index (χ3v) is 6.84. The molecule has 0 saturated heterocycles. The van der Waals surface area contributed by atoms with Gasteiger partial charge in [0.15, 0.2) is 9.84 Å². The quantitative estimate of drug-likeness (QED) is 0.858. The second kappa shape index (κ2) is 5.01. The average Bonchev–Trinajstić information content (AvgIpc) is 2.87. The summed E-state index contributed by atoms with van der Waals surface area (Å²) in [6, 6.07) is 9.78. The number of nitrogens with zero attached hydrogens (tertiary/aromatic N) is 1. The summed E-state index contributed by atoms with van der Waals surface area (Å²) in [6.07, 6.45) is 1.01. The van der Waals surface area contributed by atoms with Gasteiger partial charge < -0.3 is 0 Å². The Bertz CT molecular complexity index is 902. The summed E-state index contributed by atoms with van der Waals surface area (Å²) in [5.41, 5.74) is 0. The van der Waals surface area contributed by atoms with Crippen LogP contribution >= 0.6 is 11.3 Å². The molecule has 0 fully saturated rings. The third-order valence-electron chi connectivity index (χ3n) is 2.50. The Morgan fingerprint density at radius 1 is 1.05 bits per heavy atom. The van der Waals surface area contributed by atoms with Crippen molar-refractivity contribution in [2.45, 2.75) is 14.0 Å². The largest absolute Gasteiger partial charge is 0.224 e. The number of sulfone groups is 2. The van der Waals surface area contributed by atoms with Gasteiger partial charge in [-0.2, -0.15) is 5.26 Å². The molecule has 0 unspecified atom stereocenters. The van der Waals surface area contributed by atoms with Crippen molar-refractivity contribution in [3.63, 3.8) is 0 Å². The van der Waals surface area contributed by atoms with E-state index in [9.17, 15) is 16.8 Å². The van der Waals surface area contributed by atoms with Gasteiger partial charge in [-0.1, -0.05) is 6.07 Å². The highest BCUT2D eigenvalue weighted by Gasteiger charge is 2.21. The molecule has 2 aromatic rings. The van der Waals surface area contributed by atoms with Gasteiger partial charge in [0, 0.05) is 6.26 Å². The lowest BCUT2D eigenvalue weighted by Gasteiger charge is -2.04. The molecule has 1 heterocycles. The predicted octanol–water partition coefficient (Wildman–Crippen LogP) is 1.86. The molecule has 0 aliphatic rings. The Morgan fingerprint density at radius 2 is 1.70 bits per heavy atom. The van der Waals surface area contributed by atoms with Gasteiger partial charge in [-0.15, -0.1) is 11.3 Å². The van der Waals surface area contributed by atoms with E-state index in [2.05, 4.69) is 0 Å². The van der Waals surface area contributed by atoms with Gasteiger partial charge in [0.2, 0.25) is 9.84 Å². The van der Waals surface area contributed by atoms with Crippen LogP contribution in [0.2, 0.25) is 0 Å². The van der Waals surface area contributed by atoms with Gasteiger partial charge in [-0.25, -0.2) is 16.8 Å². The second-order valence-electron chi connectivity index (χ2n) is 3.98. The Morgan fingerprint density at radius 3 is 2.25 bits per heavy atom. The third kappa shape index (κ3) is 2.75. The molecule has 0 bridgehead atoms. The lowest BCUT2D eigenvalue weighted by molar-refractivity contribution is 0.597. The summed E-state index contributed by atoms with van der Waals surface area (Å²) in [5, 5.41) is 8.72. The number of nitriles is 1. The lowest BCUT2D eigenvalue weighted by atomic mass is 10.4. The van der Waals surface area contributed by atoms with Crippen LogP contribution < -0.4 is 0 Å². The molecular formula is C12H9NO4S3. The van der Waals surface area contributed by atoms with Crippen LogP contribution in [-0.4, -0.2) is 23.1 Å². The Hall–Kier alpha value is -1.69. The van der Waals surface area contributed by atoms with Crippen LogP contribution in [0.1, 0.15) is 4.88 Å². The van der Waals surface area contributed by atoms with Gasteiger partial charge in [-0.3, -0.25) is 0 Å². The van der Waals surface area contributed by atoms with Crippen molar-refractivity contribution >= 4 is 31.0 Å². The van der Waals surface area contributed by atoms with Crippen molar-refractivity contribution in [3.05, 3.63) is 41.3 Å². The fourth-order valence-electron chi connectivity index (χ4n) is 1.51. The van der Waals surface area contributed by atoms with E-state index in [1.165, 1.54) is 30.3 Å². The van der Waals surface area contributed by atoms with E-state index in [4.69, 9.17) is 5.26 Å². The summed E-state index contributed by atoms with van der Waals surface area (Å²) in [5.74, 6) is 0. The van der Waals surface area contributed by atoms with Crippen molar-refractivity contribution < 1.29 is 16.8 Å². The normalized spacial score (nSPS) is 12.0. The minimum atomic E-state index is -3.81. The summed E-state index contributed by atoms with van der Waals surface area (Å²) in [4.78, 5) is 0.116. The molecule has 1 aromatic heterocycles. The molecule has 1 aromatic carbocycles. The molecule has 0 atom stereocenters. The molecule has 20 heavy (non-hydrogen) atoms. The van der Waals surface area contributed by atoms with Crippen LogP contribution in [0.3, 0.4) is 0 Å². The van der Waals surface area contributed by atoms with Crippen molar-refractivity contribution in [1.29, 1.82) is 5.26 Å². The van der Waals surface area contributed by atoms with Crippen molar-refractivity contribution in [2.24, 2.45) is 0 Å². The van der Waals surface area contributed by atoms with Crippen molar-refractivity contribution in [2.75, 3.05) is 6.26 Å². The van der Waals surface area contributed by atoms with Gasteiger partial charge in [-0.05, 0) is 30.3 Å². The highest BCUT2D eigenvalue weighted by Crippen LogP contribution is 2.28. The summed E-state index contributed by atoms with van der Waals surface area (Å²) >= 11 is 0.849. The zero-order valence-electron chi connectivity index (χ0n) is 10.3. The van der Waals surface area contributed by atoms with Crippen LogP contribution in [-0.2, 0) is 19.7 Å². The minimum absolute atomic E-state index is 0.0136. The molecule has 0 spiro atoms. The van der Waals surface area contributed by atoms with Crippen LogP contribution in [0.4, 0.5) is 0 Å². The van der Waals surface area contributed by atoms with Gasteiger partial charge in [0.05, 0.1) is 9.79 Å². The van der Waals surface area contributed by atoms with Crippen LogP contribution in [0.5, 0.6) is 0 Å². The number of benzene rings is 1. The molecule has 8 heteroatoms. The fraction of sp³-hybridized carbons (Fsp3) is 0.0833. The molecule has 0 N–H and O–H groups in total. The molecule has 5 nitrogen and oxygen atoms in total. The fourth-order valence-corrected chi connectivity index (χ4v) is 4.80. The maximum atomic E-state index is 12.3. The monoisotopic (exact) mass is 327 g/mol. The van der Waals surface area contributed by atoms with E-state index in [0.29, 0.717) is 0 Å². The maximum absolute atomic E-state index is 12.3. The van der Waals surface area contributed by atoms with Crippen LogP contribution in [0.25, 0.3) is 0 Å². The zero-order chi connectivity index (χ0) is 15.0. The Labute approximate surface area is 121 Å². The van der Waals surface area contributed by atoms with Crippen LogP contribution in [0.15, 0.2) is 50.4 Å². The molecule has 104 valence electrons. The first-order valence-corrected chi connectivity index (χ1v) is 9.49. The Balaban J connectivity index is 2.59. The second-order valence-corrected chi connectivity index (χ2v) is 9.26.